The smallest absolute Gasteiger partial charge is 0.370 e. The average Bonchev–Trinajstić information content (AvgIpc) is 2.40. The Morgan fingerprint density at radius 1 is 1.38 bits per heavy atom. The molecule has 1 aromatic rings. The van der Waals surface area contributed by atoms with Gasteiger partial charge >= 0.3 is 6.18 Å². The van der Waals surface area contributed by atoms with Gasteiger partial charge in [-0.1, -0.05) is 18.5 Å². The molecule has 0 atom stereocenters. The van der Waals surface area contributed by atoms with Gasteiger partial charge in [0.05, 0.1) is 0 Å². The summed E-state index contributed by atoms with van der Waals surface area (Å²) < 4.78 is 37.3. The molecule has 0 aliphatic carbocycles. The maximum absolute atomic E-state index is 12.4. The molecule has 118 valence electrons. The summed E-state index contributed by atoms with van der Waals surface area (Å²) in [4.78, 5) is 16.8. The van der Waals surface area contributed by atoms with Crippen LogP contribution in [0.3, 0.4) is 0 Å². The maximum atomic E-state index is 12.4. The van der Waals surface area contributed by atoms with Crippen molar-refractivity contribution in [1.82, 2.24) is 9.88 Å². The van der Waals surface area contributed by atoms with Crippen LogP contribution in [0.15, 0.2) is 12.1 Å². The van der Waals surface area contributed by atoms with E-state index in [1.807, 2.05) is 6.92 Å². The molecule has 21 heavy (non-hydrogen) atoms. The zero-order valence-corrected chi connectivity index (χ0v) is 12.6. The molecule has 0 aromatic carbocycles. The minimum absolute atomic E-state index is 0.0456. The van der Waals surface area contributed by atoms with Gasteiger partial charge in [-0.2, -0.15) is 13.2 Å². The molecule has 0 aliphatic heterocycles. The summed E-state index contributed by atoms with van der Waals surface area (Å²) >= 11 is 5.81. The Morgan fingerprint density at radius 3 is 2.57 bits per heavy atom. The number of amides is 1. The molecule has 1 heterocycles. The van der Waals surface area contributed by atoms with Gasteiger partial charge in [0.25, 0.3) is 5.91 Å². The van der Waals surface area contributed by atoms with Gasteiger partial charge < -0.3 is 10.2 Å². The molecule has 0 aliphatic rings. The van der Waals surface area contributed by atoms with Crippen LogP contribution >= 0.6 is 11.6 Å². The Morgan fingerprint density at radius 2 is 2.05 bits per heavy atom. The second kappa shape index (κ2) is 7.49. The first-order valence-corrected chi connectivity index (χ1v) is 6.92. The quantitative estimate of drug-likeness (QED) is 0.814. The highest BCUT2D eigenvalue weighted by Gasteiger charge is 2.32. The van der Waals surface area contributed by atoms with E-state index in [1.165, 1.54) is 19.1 Å². The van der Waals surface area contributed by atoms with Crippen molar-refractivity contribution in [2.75, 3.05) is 25.0 Å². The Hall–Kier alpha value is -1.50. The first kappa shape index (κ1) is 17.6. The van der Waals surface area contributed by atoms with E-state index in [-0.39, 0.29) is 17.3 Å². The van der Waals surface area contributed by atoms with Crippen molar-refractivity contribution < 1.29 is 18.0 Å². The largest absolute Gasteiger partial charge is 0.406 e. The molecule has 0 unspecified atom stereocenters. The van der Waals surface area contributed by atoms with Gasteiger partial charge in [0.15, 0.2) is 0 Å². The van der Waals surface area contributed by atoms with Crippen molar-refractivity contribution in [3.8, 4) is 0 Å². The molecular weight excluding hydrogens is 307 g/mol. The standard InChI is InChI=1S/C13H17ClF3N3O/c1-3-5-18-11-7-9(6-10(14)19-11)12(21)20(4-2)8-13(15,16)17/h6-7H,3-5,8H2,1-2H3,(H,18,19). The van der Waals surface area contributed by atoms with Crippen LogP contribution in [0.4, 0.5) is 19.0 Å². The number of hydrogen-bond donors (Lipinski definition) is 1. The summed E-state index contributed by atoms with van der Waals surface area (Å²) in [6.45, 7) is 2.73. The Kier molecular flexibility index (Phi) is 6.26. The third-order valence-electron chi connectivity index (χ3n) is 2.64. The first-order chi connectivity index (χ1) is 9.76. The van der Waals surface area contributed by atoms with Crippen molar-refractivity contribution in [2.24, 2.45) is 0 Å². The Labute approximate surface area is 126 Å². The topological polar surface area (TPSA) is 45.2 Å². The normalized spacial score (nSPS) is 11.3. The lowest BCUT2D eigenvalue weighted by molar-refractivity contribution is -0.140. The fraction of sp³-hybridized carbons (Fsp3) is 0.538. The highest BCUT2D eigenvalue weighted by atomic mass is 35.5. The van der Waals surface area contributed by atoms with E-state index in [0.717, 1.165) is 11.3 Å². The minimum atomic E-state index is -4.44. The van der Waals surface area contributed by atoms with Crippen LogP contribution in [0.25, 0.3) is 0 Å². The molecule has 1 amide bonds. The van der Waals surface area contributed by atoms with Crippen molar-refractivity contribution in [3.63, 3.8) is 0 Å². The number of hydrogen-bond acceptors (Lipinski definition) is 3. The summed E-state index contributed by atoms with van der Waals surface area (Å²) in [5, 5.41) is 3.00. The van der Waals surface area contributed by atoms with Crippen LogP contribution in [0.1, 0.15) is 30.6 Å². The van der Waals surface area contributed by atoms with E-state index in [1.54, 1.807) is 0 Å². The zero-order valence-electron chi connectivity index (χ0n) is 11.8. The van der Waals surface area contributed by atoms with E-state index >= 15 is 0 Å². The number of anilines is 1. The summed E-state index contributed by atoms with van der Waals surface area (Å²) in [5.41, 5.74) is 0.0831. The maximum Gasteiger partial charge on any atom is 0.406 e. The molecule has 0 bridgehead atoms. The number of nitrogens with one attached hydrogen (secondary N) is 1. The number of carbonyl (C=O) groups is 1. The fourth-order valence-electron chi connectivity index (χ4n) is 1.69. The van der Waals surface area contributed by atoms with E-state index in [2.05, 4.69) is 10.3 Å². The summed E-state index contributed by atoms with van der Waals surface area (Å²) in [6, 6.07) is 2.67. The van der Waals surface area contributed by atoms with Crippen LogP contribution in [0, 0.1) is 0 Å². The Bertz CT molecular complexity index is 494. The molecule has 1 rings (SSSR count). The average molecular weight is 324 g/mol. The molecule has 0 spiro atoms. The lowest BCUT2D eigenvalue weighted by Crippen LogP contribution is -2.38. The predicted molar refractivity (Wildman–Crippen MR) is 75.7 cm³/mol. The number of carbonyl (C=O) groups excluding carboxylic acids is 1. The summed E-state index contributed by atoms with van der Waals surface area (Å²) in [6.07, 6.45) is -3.60. The number of aromatic nitrogens is 1. The lowest BCUT2D eigenvalue weighted by atomic mass is 10.2. The fourth-order valence-corrected chi connectivity index (χ4v) is 1.90. The van der Waals surface area contributed by atoms with Crippen LogP contribution < -0.4 is 5.32 Å². The van der Waals surface area contributed by atoms with Gasteiger partial charge in [-0.3, -0.25) is 4.79 Å². The van der Waals surface area contributed by atoms with E-state index in [0.29, 0.717) is 12.4 Å². The highest BCUT2D eigenvalue weighted by Crippen LogP contribution is 2.20. The number of halogens is 4. The Balaban J connectivity index is 2.96. The summed E-state index contributed by atoms with van der Waals surface area (Å²) in [5.74, 6) is -0.352. The van der Waals surface area contributed by atoms with Crippen LogP contribution in [-0.4, -0.2) is 41.6 Å². The monoisotopic (exact) mass is 323 g/mol. The minimum Gasteiger partial charge on any atom is -0.370 e. The third-order valence-corrected chi connectivity index (χ3v) is 2.83. The third kappa shape index (κ3) is 5.79. The zero-order chi connectivity index (χ0) is 16.0. The molecule has 0 fully saturated rings. The highest BCUT2D eigenvalue weighted by molar-refractivity contribution is 6.29. The van der Waals surface area contributed by atoms with Gasteiger partial charge in [0.1, 0.15) is 17.5 Å². The summed E-state index contributed by atoms with van der Waals surface area (Å²) in [7, 11) is 0. The number of pyridine rings is 1. The van der Waals surface area contributed by atoms with E-state index in [9.17, 15) is 18.0 Å². The molecule has 8 heteroatoms. The first-order valence-electron chi connectivity index (χ1n) is 6.54. The second-order valence-electron chi connectivity index (χ2n) is 4.43. The van der Waals surface area contributed by atoms with Crippen LogP contribution in [-0.2, 0) is 0 Å². The van der Waals surface area contributed by atoms with Crippen molar-refractivity contribution in [3.05, 3.63) is 22.8 Å². The molecule has 0 saturated carbocycles. The van der Waals surface area contributed by atoms with Gasteiger partial charge in [0, 0.05) is 18.7 Å². The van der Waals surface area contributed by atoms with Crippen molar-refractivity contribution in [1.29, 1.82) is 0 Å². The van der Waals surface area contributed by atoms with E-state index in [4.69, 9.17) is 11.6 Å². The predicted octanol–water partition coefficient (Wildman–Crippen LogP) is 3.58. The van der Waals surface area contributed by atoms with Crippen molar-refractivity contribution in [2.45, 2.75) is 26.4 Å². The van der Waals surface area contributed by atoms with Gasteiger partial charge in [0.2, 0.25) is 0 Å². The van der Waals surface area contributed by atoms with Crippen LogP contribution in [0.2, 0.25) is 5.15 Å². The molecule has 0 radical (unpaired) electrons. The second-order valence-corrected chi connectivity index (χ2v) is 4.81. The number of alkyl halides is 3. The SMILES string of the molecule is CCCNc1cc(C(=O)N(CC)CC(F)(F)F)cc(Cl)n1. The lowest BCUT2D eigenvalue weighted by Gasteiger charge is -2.22. The van der Waals surface area contributed by atoms with Crippen LogP contribution in [0.5, 0.6) is 0 Å². The van der Waals surface area contributed by atoms with Gasteiger partial charge in [-0.25, -0.2) is 4.98 Å². The molecule has 1 N–H and O–H groups in total. The van der Waals surface area contributed by atoms with E-state index < -0.39 is 18.6 Å². The molecule has 1 aromatic heterocycles. The number of nitrogens with zero attached hydrogens (tertiary/aromatic N) is 2. The van der Waals surface area contributed by atoms with Gasteiger partial charge in [-0.15, -0.1) is 0 Å². The van der Waals surface area contributed by atoms with Gasteiger partial charge in [-0.05, 0) is 25.5 Å². The molecule has 0 saturated heterocycles. The molecule has 4 nitrogen and oxygen atoms in total. The van der Waals surface area contributed by atoms with Crippen molar-refractivity contribution >= 4 is 23.3 Å². The molecular formula is C13H17ClF3N3O. The number of rotatable bonds is 6.